The lowest BCUT2D eigenvalue weighted by molar-refractivity contribution is 0.198. The molecule has 2 nitrogen and oxygen atoms in total. The Balaban J connectivity index is 1.97. The molecule has 1 N–H and O–H groups in total. The average molecular weight is 305 g/mol. The van der Waals surface area contributed by atoms with Crippen molar-refractivity contribution in [3.05, 3.63) is 70.5 Å². The third kappa shape index (κ3) is 3.43. The first-order valence-corrected chi connectivity index (χ1v) is 7.57. The van der Waals surface area contributed by atoms with E-state index in [1.807, 2.05) is 24.3 Å². The van der Waals surface area contributed by atoms with Crippen molar-refractivity contribution >= 4 is 11.6 Å². The molecule has 0 radical (unpaired) electrons. The van der Waals surface area contributed by atoms with Gasteiger partial charge in [-0.1, -0.05) is 35.9 Å². The lowest BCUT2D eigenvalue weighted by atomic mass is 9.96. The smallest absolute Gasteiger partial charge is 0.123 e. The van der Waals surface area contributed by atoms with E-state index in [0.717, 1.165) is 36.8 Å². The Labute approximate surface area is 129 Å². The van der Waals surface area contributed by atoms with E-state index < -0.39 is 0 Å². The summed E-state index contributed by atoms with van der Waals surface area (Å²) >= 11 is 6.00. The first-order valence-electron chi connectivity index (χ1n) is 7.20. The molecule has 1 fully saturated rings. The summed E-state index contributed by atoms with van der Waals surface area (Å²) in [4.78, 5) is 2.42. The molecular formula is C17H18ClFN2. The van der Waals surface area contributed by atoms with Gasteiger partial charge in [0.25, 0.3) is 0 Å². The molecule has 0 amide bonds. The van der Waals surface area contributed by atoms with Gasteiger partial charge in [0.1, 0.15) is 5.82 Å². The van der Waals surface area contributed by atoms with Crippen LogP contribution in [0.4, 0.5) is 4.39 Å². The highest BCUT2D eigenvalue weighted by molar-refractivity contribution is 6.30. The molecule has 1 heterocycles. The Hall–Kier alpha value is -1.42. The van der Waals surface area contributed by atoms with E-state index in [2.05, 4.69) is 22.3 Å². The predicted molar refractivity (Wildman–Crippen MR) is 84.1 cm³/mol. The van der Waals surface area contributed by atoms with Crippen molar-refractivity contribution in [1.82, 2.24) is 10.2 Å². The summed E-state index contributed by atoms with van der Waals surface area (Å²) in [5, 5.41) is 4.10. The molecule has 110 valence electrons. The zero-order valence-electron chi connectivity index (χ0n) is 11.7. The van der Waals surface area contributed by atoms with E-state index in [1.165, 1.54) is 17.7 Å². The van der Waals surface area contributed by atoms with Crippen molar-refractivity contribution in [3.63, 3.8) is 0 Å². The fourth-order valence-corrected chi connectivity index (χ4v) is 2.97. The number of hydrogen-bond acceptors (Lipinski definition) is 2. The lowest BCUT2D eigenvalue weighted by Gasteiger charge is -2.35. The topological polar surface area (TPSA) is 15.3 Å². The molecule has 21 heavy (non-hydrogen) atoms. The lowest BCUT2D eigenvalue weighted by Crippen LogP contribution is -2.45. The molecule has 1 atom stereocenters. The summed E-state index contributed by atoms with van der Waals surface area (Å²) in [7, 11) is 0. The van der Waals surface area contributed by atoms with Crippen LogP contribution in [0.25, 0.3) is 0 Å². The van der Waals surface area contributed by atoms with Crippen molar-refractivity contribution in [1.29, 1.82) is 0 Å². The van der Waals surface area contributed by atoms with Crippen LogP contribution in [0.3, 0.4) is 0 Å². The normalized spacial score (nSPS) is 17.6. The van der Waals surface area contributed by atoms with Gasteiger partial charge >= 0.3 is 0 Å². The Morgan fingerprint density at radius 2 is 1.43 bits per heavy atom. The fraction of sp³-hybridized carbons (Fsp3) is 0.294. The molecule has 0 spiro atoms. The number of halogens is 2. The molecule has 0 aromatic heterocycles. The van der Waals surface area contributed by atoms with Crippen molar-refractivity contribution in [3.8, 4) is 0 Å². The Kier molecular flexibility index (Phi) is 4.54. The van der Waals surface area contributed by atoms with Gasteiger partial charge in [-0.2, -0.15) is 0 Å². The van der Waals surface area contributed by atoms with Crippen LogP contribution in [-0.2, 0) is 0 Å². The summed E-state index contributed by atoms with van der Waals surface area (Å²) in [5.41, 5.74) is 2.30. The molecule has 0 aliphatic carbocycles. The van der Waals surface area contributed by atoms with E-state index in [-0.39, 0.29) is 11.9 Å². The average Bonchev–Trinajstić information content (AvgIpc) is 2.52. The molecule has 0 unspecified atom stereocenters. The maximum atomic E-state index is 13.2. The molecule has 3 rings (SSSR count). The third-order valence-electron chi connectivity index (χ3n) is 3.89. The monoisotopic (exact) mass is 304 g/mol. The van der Waals surface area contributed by atoms with Crippen LogP contribution in [0.15, 0.2) is 48.5 Å². The summed E-state index contributed by atoms with van der Waals surface area (Å²) in [6.45, 7) is 3.91. The summed E-state index contributed by atoms with van der Waals surface area (Å²) in [5.74, 6) is -0.200. The number of piperazine rings is 1. The highest BCUT2D eigenvalue weighted by Gasteiger charge is 2.23. The number of hydrogen-bond donors (Lipinski definition) is 1. The van der Waals surface area contributed by atoms with Crippen LogP contribution >= 0.6 is 11.6 Å². The van der Waals surface area contributed by atoms with Gasteiger partial charge in [0, 0.05) is 31.2 Å². The second-order valence-corrected chi connectivity index (χ2v) is 5.73. The number of benzene rings is 2. The van der Waals surface area contributed by atoms with Gasteiger partial charge in [-0.15, -0.1) is 0 Å². The number of rotatable bonds is 3. The van der Waals surface area contributed by atoms with Crippen LogP contribution in [0.2, 0.25) is 5.02 Å². The fourth-order valence-electron chi connectivity index (χ4n) is 2.84. The summed E-state index contributed by atoms with van der Waals surface area (Å²) in [6.07, 6.45) is 0. The zero-order chi connectivity index (χ0) is 14.7. The van der Waals surface area contributed by atoms with Crippen molar-refractivity contribution in [2.75, 3.05) is 26.2 Å². The second kappa shape index (κ2) is 6.56. The molecule has 1 aliphatic heterocycles. The maximum absolute atomic E-state index is 13.2. The van der Waals surface area contributed by atoms with Gasteiger partial charge in [-0.05, 0) is 35.4 Å². The minimum absolute atomic E-state index is 0.143. The largest absolute Gasteiger partial charge is 0.314 e. The Bertz CT molecular complexity index is 531. The van der Waals surface area contributed by atoms with E-state index >= 15 is 0 Å². The van der Waals surface area contributed by atoms with E-state index in [1.54, 1.807) is 0 Å². The van der Waals surface area contributed by atoms with Crippen LogP contribution in [0.1, 0.15) is 17.2 Å². The van der Waals surface area contributed by atoms with Crippen LogP contribution < -0.4 is 5.32 Å². The first kappa shape index (κ1) is 14.5. The van der Waals surface area contributed by atoms with Gasteiger partial charge in [0.2, 0.25) is 0 Å². The highest BCUT2D eigenvalue weighted by atomic mass is 35.5. The number of nitrogens with zero attached hydrogens (tertiary/aromatic N) is 1. The summed E-state index contributed by atoms with van der Waals surface area (Å²) < 4.78 is 13.2. The van der Waals surface area contributed by atoms with Crippen LogP contribution in [0.5, 0.6) is 0 Å². The van der Waals surface area contributed by atoms with Gasteiger partial charge in [0.15, 0.2) is 0 Å². The standard InChI is InChI=1S/C17H18ClFN2/c18-15-5-1-13(2-6-15)17(21-11-9-20-10-12-21)14-3-7-16(19)8-4-14/h1-8,17,20H,9-12H2/t17-/m0/s1. The van der Waals surface area contributed by atoms with Crippen molar-refractivity contribution < 1.29 is 4.39 Å². The third-order valence-corrected chi connectivity index (χ3v) is 4.14. The van der Waals surface area contributed by atoms with E-state index in [4.69, 9.17) is 11.6 Å². The minimum atomic E-state index is -0.200. The van der Waals surface area contributed by atoms with Crippen molar-refractivity contribution in [2.45, 2.75) is 6.04 Å². The quantitative estimate of drug-likeness (QED) is 0.934. The molecule has 0 bridgehead atoms. The molecule has 0 saturated carbocycles. The van der Waals surface area contributed by atoms with Gasteiger partial charge in [-0.25, -0.2) is 4.39 Å². The summed E-state index contributed by atoms with van der Waals surface area (Å²) in [6, 6.07) is 14.9. The molecule has 1 aliphatic rings. The van der Waals surface area contributed by atoms with Crippen LogP contribution in [0, 0.1) is 5.82 Å². The van der Waals surface area contributed by atoms with Gasteiger partial charge in [0.05, 0.1) is 6.04 Å². The van der Waals surface area contributed by atoms with Crippen molar-refractivity contribution in [2.24, 2.45) is 0 Å². The SMILES string of the molecule is Fc1ccc([C@H](c2ccc(Cl)cc2)N2CCNCC2)cc1. The Morgan fingerprint density at radius 3 is 2.00 bits per heavy atom. The maximum Gasteiger partial charge on any atom is 0.123 e. The van der Waals surface area contributed by atoms with Crippen LogP contribution in [-0.4, -0.2) is 31.1 Å². The Morgan fingerprint density at radius 1 is 0.905 bits per heavy atom. The zero-order valence-corrected chi connectivity index (χ0v) is 12.5. The second-order valence-electron chi connectivity index (χ2n) is 5.29. The molecular weight excluding hydrogens is 287 g/mol. The van der Waals surface area contributed by atoms with E-state index in [0.29, 0.717) is 0 Å². The minimum Gasteiger partial charge on any atom is -0.314 e. The first-order chi connectivity index (χ1) is 10.2. The van der Waals surface area contributed by atoms with Gasteiger partial charge < -0.3 is 5.32 Å². The number of nitrogens with one attached hydrogen (secondary N) is 1. The van der Waals surface area contributed by atoms with E-state index in [9.17, 15) is 4.39 Å². The highest BCUT2D eigenvalue weighted by Crippen LogP contribution is 2.29. The molecule has 2 aromatic carbocycles. The molecule has 1 saturated heterocycles. The molecule has 4 heteroatoms. The molecule has 2 aromatic rings. The van der Waals surface area contributed by atoms with Gasteiger partial charge in [-0.3, -0.25) is 4.90 Å². The predicted octanol–water partition coefficient (Wildman–Crippen LogP) is 3.47.